The number of carbonyl (C=O) groups excluding carboxylic acids is 1. The summed E-state index contributed by atoms with van der Waals surface area (Å²) in [6.45, 7) is 5.24. The van der Waals surface area contributed by atoms with Gasteiger partial charge in [-0.1, -0.05) is 0 Å². The maximum absolute atomic E-state index is 12.3. The minimum atomic E-state index is -3.73. The summed E-state index contributed by atoms with van der Waals surface area (Å²) in [5.41, 5.74) is 0.719. The average molecular weight is 315 g/mol. The smallest absolute Gasteiger partial charge is 0.321 e. The van der Waals surface area contributed by atoms with Gasteiger partial charge in [0.2, 0.25) is 10.0 Å². The third kappa shape index (κ3) is 4.44. The number of carbonyl (C=O) groups is 1. The van der Waals surface area contributed by atoms with Crippen LogP contribution in [0.2, 0.25) is 0 Å². The first-order valence-corrected chi connectivity index (χ1v) is 7.93. The highest BCUT2D eigenvalue weighted by Gasteiger charge is 2.24. The first-order chi connectivity index (χ1) is 9.68. The number of methoxy groups -OCH3 is 1. The van der Waals surface area contributed by atoms with Gasteiger partial charge < -0.3 is 9.47 Å². The molecule has 0 atom stereocenters. The quantitative estimate of drug-likeness (QED) is 0.745. The van der Waals surface area contributed by atoms with Crippen molar-refractivity contribution in [2.45, 2.75) is 31.8 Å². The average Bonchev–Trinajstić information content (AvgIpc) is 2.40. The van der Waals surface area contributed by atoms with Crippen LogP contribution in [0.4, 0.5) is 0 Å². The molecule has 118 valence electrons. The molecule has 0 heterocycles. The van der Waals surface area contributed by atoms with E-state index >= 15 is 0 Å². The molecular weight excluding hydrogens is 294 g/mol. The van der Waals surface area contributed by atoms with Gasteiger partial charge in [0, 0.05) is 7.05 Å². The molecule has 0 fully saturated rings. The van der Waals surface area contributed by atoms with Gasteiger partial charge in [-0.2, -0.15) is 4.31 Å². The molecule has 7 heteroatoms. The summed E-state index contributed by atoms with van der Waals surface area (Å²) in [5.74, 6) is 0.0251. The van der Waals surface area contributed by atoms with Gasteiger partial charge in [0.15, 0.2) is 0 Å². The number of rotatable bonds is 6. The topological polar surface area (TPSA) is 72.9 Å². The van der Waals surface area contributed by atoms with E-state index in [9.17, 15) is 13.2 Å². The molecule has 0 amide bonds. The fourth-order valence-electron chi connectivity index (χ4n) is 1.68. The third-order valence-electron chi connectivity index (χ3n) is 2.80. The number of hydrogen-bond acceptors (Lipinski definition) is 5. The molecule has 0 bridgehead atoms. The van der Waals surface area contributed by atoms with Crippen molar-refractivity contribution >= 4 is 16.0 Å². The van der Waals surface area contributed by atoms with Crippen molar-refractivity contribution in [3.63, 3.8) is 0 Å². The molecule has 0 N–H and O–H groups in total. The highest BCUT2D eigenvalue weighted by Crippen LogP contribution is 2.24. The second kappa shape index (κ2) is 6.91. The Kier molecular flexibility index (Phi) is 5.74. The van der Waals surface area contributed by atoms with E-state index in [-0.39, 0.29) is 17.5 Å². The lowest BCUT2D eigenvalue weighted by atomic mass is 10.2. The Morgan fingerprint density at radius 1 is 1.33 bits per heavy atom. The van der Waals surface area contributed by atoms with E-state index in [1.54, 1.807) is 13.0 Å². The molecule has 21 heavy (non-hydrogen) atoms. The third-order valence-corrected chi connectivity index (χ3v) is 4.60. The van der Waals surface area contributed by atoms with Crippen molar-refractivity contribution in [2.24, 2.45) is 0 Å². The van der Waals surface area contributed by atoms with Crippen LogP contribution in [0.1, 0.15) is 19.4 Å². The molecule has 0 aliphatic heterocycles. The van der Waals surface area contributed by atoms with Crippen LogP contribution < -0.4 is 4.74 Å². The monoisotopic (exact) mass is 315 g/mol. The number of hydrogen-bond donors (Lipinski definition) is 0. The van der Waals surface area contributed by atoms with E-state index in [4.69, 9.17) is 4.74 Å². The molecule has 0 radical (unpaired) electrons. The molecule has 0 spiro atoms. The molecule has 1 rings (SSSR count). The van der Waals surface area contributed by atoms with Crippen LogP contribution in [-0.2, 0) is 19.6 Å². The Labute approximate surface area is 125 Å². The number of aryl methyl sites for hydroxylation is 1. The minimum absolute atomic E-state index is 0.00755. The van der Waals surface area contributed by atoms with Crippen LogP contribution in [0.3, 0.4) is 0 Å². The number of nitrogens with zero attached hydrogens (tertiary/aromatic N) is 1. The fourth-order valence-corrected chi connectivity index (χ4v) is 2.88. The predicted octanol–water partition coefficient (Wildman–Crippen LogP) is 1.58. The van der Waals surface area contributed by atoms with E-state index in [2.05, 4.69) is 4.74 Å². The van der Waals surface area contributed by atoms with E-state index < -0.39 is 16.0 Å². The maximum atomic E-state index is 12.3. The zero-order chi connectivity index (χ0) is 16.2. The summed E-state index contributed by atoms with van der Waals surface area (Å²) < 4.78 is 35.7. The highest BCUT2D eigenvalue weighted by atomic mass is 32.2. The van der Waals surface area contributed by atoms with Crippen LogP contribution >= 0.6 is 0 Å². The highest BCUT2D eigenvalue weighted by molar-refractivity contribution is 7.89. The predicted molar refractivity (Wildman–Crippen MR) is 78.8 cm³/mol. The molecule has 1 aromatic rings. The Hall–Kier alpha value is -1.60. The number of esters is 1. The van der Waals surface area contributed by atoms with Crippen LogP contribution in [-0.4, -0.2) is 45.5 Å². The zero-order valence-electron chi connectivity index (χ0n) is 12.9. The second-order valence-corrected chi connectivity index (χ2v) is 6.98. The summed E-state index contributed by atoms with van der Waals surface area (Å²) in [6.07, 6.45) is 0.00755. The van der Waals surface area contributed by atoms with E-state index in [0.29, 0.717) is 5.75 Å². The van der Waals surface area contributed by atoms with Crippen molar-refractivity contribution in [3.05, 3.63) is 23.8 Å². The van der Waals surface area contributed by atoms with Crippen LogP contribution in [0.25, 0.3) is 0 Å². The normalized spacial score (nSPS) is 11.8. The lowest BCUT2D eigenvalue weighted by molar-refractivity contribution is -0.140. The Morgan fingerprint density at radius 2 is 1.95 bits per heavy atom. The summed E-state index contributed by atoms with van der Waals surface area (Å²) in [5, 5.41) is 0. The Bertz CT molecular complexity index is 610. The zero-order valence-corrected chi connectivity index (χ0v) is 13.7. The van der Waals surface area contributed by atoms with Gasteiger partial charge in [-0.25, -0.2) is 8.42 Å². The SMILES string of the molecule is COC(=O)CN(C)S(=O)(=O)c1ccc(OC(C)C)c(C)c1. The number of benzene rings is 1. The summed E-state index contributed by atoms with van der Waals surface area (Å²) in [4.78, 5) is 11.3. The van der Waals surface area contributed by atoms with Gasteiger partial charge in [-0.3, -0.25) is 4.79 Å². The summed E-state index contributed by atoms with van der Waals surface area (Å²) in [7, 11) is -1.19. The number of likely N-dealkylation sites (N-methyl/N-ethyl adjacent to an activating group) is 1. The summed E-state index contributed by atoms with van der Waals surface area (Å²) >= 11 is 0. The van der Waals surface area contributed by atoms with Crippen LogP contribution in [0, 0.1) is 6.92 Å². The fraction of sp³-hybridized carbons (Fsp3) is 0.500. The molecule has 0 saturated carbocycles. The van der Waals surface area contributed by atoms with Crippen molar-refractivity contribution in [1.82, 2.24) is 4.31 Å². The molecular formula is C14H21NO5S. The van der Waals surface area contributed by atoms with Gasteiger partial charge in [0.05, 0.1) is 18.1 Å². The molecule has 1 aromatic carbocycles. The van der Waals surface area contributed by atoms with E-state index in [1.165, 1.54) is 26.3 Å². The molecule has 0 aromatic heterocycles. The maximum Gasteiger partial charge on any atom is 0.321 e. The molecule has 0 aliphatic carbocycles. The van der Waals surface area contributed by atoms with Crippen LogP contribution in [0.5, 0.6) is 5.75 Å². The van der Waals surface area contributed by atoms with Crippen molar-refractivity contribution < 1.29 is 22.7 Å². The van der Waals surface area contributed by atoms with Crippen molar-refractivity contribution in [2.75, 3.05) is 20.7 Å². The molecule has 0 unspecified atom stereocenters. The van der Waals surface area contributed by atoms with Crippen molar-refractivity contribution in [3.8, 4) is 5.75 Å². The van der Waals surface area contributed by atoms with E-state index in [0.717, 1.165) is 9.87 Å². The first-order valence-electron chi connectivity index (χ1n) is 6.49. The largest absolute Gasteiger partial charge is 0.491 e. The van der Waals surface area contributed by atoms with Gasteiger partial charge in [0.1, 0.15) is 12.3 Å². The molecule has 0 saturated heterocycles. The first kappa shape index (κ1) is 17.5. The summed E-state index contributed by atoms with van der Waals surface area (Å²) in [6, 6.07) is 4.61. The standard InChI is InChI=1S/C14H21NO5S/c1-10(2)20-13-7-6-12(8-11(13)3)21(17,18)15(4)9-14(16)19-5/h6-8,10H,9H2,1-5H3. The van der Waals surface area contributed by atoms with Gasteiger partial charge in [-0.05, 0) is 44.5 Å². The van der Waals surface area contributed by atoms with Gasteiger partial charge >= 0.3 is 5.97 Å². The second-order valence-electron chi connectivity index (χ2n) is 4.93. The lowest BCUT2D eigenvalue weighted by Gasteiger charge is -2.17. The Balaban J connectivity index is 3.04. The van der Waals surface area contributed by atoms with Crippen molar-refractivity contribution in [1.29, 1.82) is 0 Å². The number of ether oxygens (including phenoxy) is 2. The van der Waals surface area contributed by atoms with Gasteiger partial charge in [0.25, 0.3) is 0 Å². The molecule has 6 nitrogen and oxygen atoms in total. The number of sulfonamides is 1. The van der Waals surface area contributed by atoms with Crippen LogP contribution in [0.15, 0.2) is 23.1 Å². The van der Waals surface area contributed by atoms with E-state index in [1.807, 2.05) is 13.8 Å². The van der Waals surface area contributed by atoms with Gasteiger partial charge in [-0.15, -0.1) is 0 Å². The lowest BCUT2D eigenvalue weighted by Crippen LogP contribution is -2.32. The Morgan fingerprint density at radius 3 is 2.43 bits per heavy atom. The molecule has 0 aliphatic rings. The minimum Gasteiger partial charge on any atom is -0.491 e.